The van der Waals surface area contributed by atoms with E-state index in [1.54, 1.807) is 18.2 Å². The molecule has 0 radical (unpaired) electrons. The van der Waals surface area contributed by atoms with Gasteiger partial charge >= 0.3 is 0 Å². The Morgan fingerprint density at radius 1 is 1.00 bits per heavy atom. The van der Waals surface area contributed by atoms with Crippen LogP contribution in [0, 0.1) is 0 Å². The van der Waals surface area contributed by atoms with E-state index in [-0.39, 0.29) is 0 Å². The first kappa shape index (κ1) is 17.9. The number of rotatable bonds is 4. The van der Waals surface area contributed by atoms with Gasteiger partial charge in [-0.25, -0.2) is 0 Å². The summed E-state index contributed by atoms with van der Waals surface area (Å²) in [7, 11) is 1.82. The molecule has 2 aromatic carbocycles. The van der Waals surface area contributed by atoms with Crippen LogP contribution in [-0.2, 0) is 5.41 Å². The molecule has 8 heteroatoms. The lowest BCUT2D eigenvalue weighted by atomic mass is 9.94. The first-order chi connectivity index (χ1) is 12.4. The van der Waals surface area contributed by atoms with Gasteiger partial charge in [-0.3, -0.25) is 0 Å². The van der Waals surface area contributed by atoms with Gasteiger partial charge in [-0.05, 0) is 43.2 Å². The molecule has 0 aliphatic heterocycles. The van der Waals surface area contributed by atoms with Crippen molar-refractivity contribution in [1.29, 1.82) is 0 Å². The summed E-state index contributed by atoms with van der Waals surface area (Å²) in [6.07, 6.45) is 1.69. The molecule has 1 heterocycles. The molecule has 26 heavy (non-hydrogen) atoms. The molecular weight excluding hydrogens is 416 g/mol. The molecule has 1 aromatic heterocycles. The lowest BCUT2D eigenvalue weighted by Crippen LogP contribution is -2.13. The SMILES string of the molecule is CNc1cc(Cl)c(C2(c3noc(-c4ccc(Cl)cc4Cl)n3)CC2)c(Cl)c1. The Balaban J connectivity index is 1.76. The third-order valence-electron chi connectivity index (χ3n) is 4.57. The summed E-state index contributed by atoms with van der Waals surface area (Å²) in [5, 5.41) is 9.37. The number of halogens is 4. The minimum absolute atomic E-state index is 0.340. The van der Waals surface area contributed by atoms with E-state index >= 15 is 0 Å². The van der Waals surface area contributed by atoms with Gasteiger partial charge < -0.3 is 9.84 Å². The molecule has 0 bridgehead atoms. The number of benzene rings is 2. The van der Waals surface area contributed by atoms with Crippen LogP contribution in [-0.4, -0.2) is 17.2 Å². The second-order valence-corrected chi connectivity index (χ2v) is 7.85. The largest absolute Gasteiger partial charge is 0.388 e. The summed E-state index contributed by atoms with van der Waals surface area (Å²) in [5.41, 5.74) is 1.88. The number of nitrogens with one attached hydrogen (secondary N) is 1. The van der Waals surface area contributed by atoms with Crippen molar-refractivity contribution in [3.63, 3.8) is 0 Å². The molecule has 1 saturated carbocycles. The molecular formula is C18H13Cl4N3O. The molecule has 134 valence electrons. The number of anilines is 1. The quantitative estimate of drug-likeness (QED) is 0.517. The molecule has 0 atom stereocenters. The van der Waals surface area contributed by atoms with E-state index in [0.717, 1.165) is 24.1 Å². The van der Waals surface area contributed by atoms with Crippen molar-refractivity contribution in [2.45, 2.75) is 18.3 Å². The highest BCUT2D eigenvalue weighted by atomic mass is 35.5. The van der Waals surface area contributed by atoms with Gasteiger partial charge in [-0.2, -0.15) is 4.98 Å². The molecule has 1 aliphatic carbocycles. The van der Waals surface area contributed by atoms with Crippen molar-refractivity contribution in [2.24, 2.45) is 0 Å². The molecule has 4 nitrogen and oxygen atoms in total. The standard InChI is InChI=1S/C18H13Cl4N3O/c1-23-10-7-13(21)15(14(22)8-10)18(4-5-18)17-24-16(26-25-17)11-3-2-9(19)6-12(11)20/h2-3,6-8,23H,4-5H2,1H3. The minimum atomic E-state index is -0.429. The Labute approximate surface area is 170 Å². The highest BCUT2D eigenvalue weighted by molar-refractivity contribution is 6.37. The Hall–Kier alpha value is -1.46. The summed E-state index contributed by atoms with van der Waals surface area (Å²) in [5.74, 6) is 0.895. The Kier molecular flexibility index (Phi) is 4.56. The lowest BCUT2D eigenvalue weighted by molar-refractivity contribution is 0.418. The summed E-state index contributed by atoms with van der Waals surface area (Å²) < 4.78 is 5.46. The van der Waals surface area contributed by atoms with Crippen LogP contribution in [0.25, 0.3) is 11.5 Å². The van der Waals surface area contributed by atoms with Crippen LogP contribution in [0.3, 0.4) is 0 Å². The zero-order valence-electron chi connectivity index (χ0n) is 13.6. The summed E-state index contributed by atoms with van der Waals surface area (Å²) in [6, 6.07) is 8.81. The Bertz CT molecular complexity index is 975. The maximum atomic E-state index is 6.51. The van der Waals surface area contributed by atoms with Crippen molar-refractivity contribution >= 4 is 52.1 Å². The third kappa shape index (κ3) is 2.95. The summed E-state index contributed by atoms with van der Waals surface area (Å²) in [4.78, 5) is 4.57. The van der Waals surface area contributed by atoms with E-state index in [1.165, 1.54) is 0 Å². The second kappa shape index (κ2) is 6.61. The Morgan fingerprint density at radius 2 is 1.69 bits per heavy atom. The summed E-state index contributed by atoms with van der Waals surface area (Å²) in [6.45, 7) is 0. The van der Waals surface area contributed by atoms with Gasteiger partial charge in [0, 0.05) is 33.4 Å². The maximum absolute atomic E-state index is 6.51. The van der Waals surface area contributed by atoms with E-state index in [1.807, 2.05) is 19.2 Å². The van der Waals surface area contributed by atoms with Gasteiger partial charge in [0.2, 0.25) is 0 Å². The van der Waals surface area contributed by atoms with Crippen molar-refractivity contribution in [3.8, 4) is 11.5 Å². The van der Waals surface area contributed by atoms with Gasteiger partial charge in [0.15, 0.2) is 5.82 Å². The molecule has 0 amide bonds. The Morgan fingerprint density at radius 3 is 2.27 bits per heavy atom. The van der Waals surface area contributed by atoms with E-state index in [2.05, 4.69) is 15.5 Å². The van der Waals surface area contributed by atoms with Gasteiger partial charge in [0.25, 0.3) is 5.89 Å². The van der Waals surface area contributed by atoms with Gasteiger partial charge in [0.1, 0.15) is 0 Å². The topological polar surface area (TPSA) is 51.0 Å². The first-order valence-electron chi connectivity index (χ1n) is 7.91. The van der Waals surface area contributed by atoms with Crippen molar-refractivity contribution < 1.29 is 4.52 Å². The molecule has 1 aliphatic rings. The van der Waals surface area contributed by atoms with Gasteiger partial charge in [-0.1, -0.05) is 51.6 Å². The zero-order valence-corrected chi connectivity index (χ0v) is 16.6. The van der Waals surface area contributed by atoms with Crippen LogP contribution in [0.4, 0.5) is 5.69 Å². The van der Waals surface area contributed by atoms with E-state index < -0.39 is 5.41 Å². The van der Waals surface area contributed by atoms with E-state index in [0.29, 0.717) is 37.4 Å². The van der Waals surface area contributed by atoms with Crippen molar-refractivity contribution in [2.75, 3.05) is 12.4 Å². The molecule has 3 aromatic rings. The number of hydrogen-bond donors (Lipinski definition) is 1. The van der Waals surface area contributed by atoms with E-state index in [9.17, 15) is 0 Å². The van der Waals surface area contributed by atoms with Crippen molar-refractivity contribution in [3.05, 3.63) is 61.8 Å². The number of aromatic nitrogens is 2. The van der Waals surface area contributed by atoms with Crippen LogP contribution in [0.1, 0.15) is 24.2 Å². The average Bonchev–Trinajstić information content (AvgIpc) is 3.22. The van der Waals surface area contributed by atoms with Crippen LogP contribution in [0.5, 0.6) is 0 Å². The molecule has 0 unspecified atom stereocenters. The summed E-state index contributed by atoms with van der Waals surface area (Å²) >= 11 is 25.2. The predicted octanol–water partition coefficient (Wildman–Crippen LogP) is 6.47. The third-order valence-corrected chi connectivity index (χ3v) is 5.72. The fraction of sp³-hybridized carbons (Fsp3) is 0.222. The van der Waals surface area contributed by atoms with Crippen LogP contribution in [0.15, 0.2) is 34.9 Å². The fourth-order valence-electron chi connectivity index (χ4n) is 3.08. The molecule has 4 rings (SSSR count). The number of hydrogen-bond acceptors (Lipinski definition) is 4. The van der Waals surface area contributed by atoms with Crippen LogP contribution in [0.2, 0.25) is 20.1 Å². The van der Waals surface area contributed by atoms with Crippen molar-refractivity contribution in [1.82, 2.24) is 10.1 Å². The molecule has 0 saturated heterocycles. The molecule has 1 fully saturated rings. The highest BCUT2D eigenvalue weighted by Crippen LogP contribution is 2.57. The lowest BCUT2D eigenvalue weighted by Gasteiger charge is -2.16. The fourth-order valence-corrected chi connectivity index (χ4v) is 4.41. The number of nitrogens with zero attached hydrogens (tertiary/aromatic N) is 2. The van der Waals surface area contributed by atoms with E-state index in [4.69, 9.17) is 50.9 Å². The van der Waals surface area contributed by atoms with Crippen LogP contribution >= 0.6 is 46.4 Å². The first-order valence-corrected chi connectivity index (χ1v) is 9.43. The highest BCUT2D eigenvalue weighted by Gasteiger charge is 2.52. The zero-order chi connectivity index (χ0) is 18.5. The monoisotopic (exact) mass is 427 g/mol. The minimum Gasteiger partial charge on any atom is -0.388 e. The second-order valence-electron chi connectivity index (χ2n) is 6.19. The molecule has 1 N–H and O–H groups in total. The maximum Gasteiger partial charge on any atom is 0.259 e. The predicted molar refractivity (Wildman–Crippen MR) is 106 cm³/mol. The van der Waals surface area contributed by atoms with Gasteiger partial charge in [-0.15, -0.1) is 0 Å². The average molecular weight is 429 g/mol. The smallest absolute Gasteiger partial charge is 0.259 e. The molecule has 0 spiro atoms. The van der Waals surface area contributed by atoms with Crippen LogP contribution < -0.4 is 5.32 Å². The van der Waals surface area contributed by atoms with Gasteiger partial charge in [0.05, 0.1) is 16.0 Å². The normalized spacial score (nSPS) is 15.1.